The summed E-state index contributed by atoms with van der Waals surface area (Å²) in [4.78, 5) is 17.8. The standard InChI is InChI=1S/C31H42N4O3S/c1-20-12-13-25(37-5)15-24(14-20)28(18-34-31(36)23-10-7-11-26(39)16-23)38-29(32)17-27(35-19-33-4)30-21(2)8-6-9-22(30)3/h6-13,15-16,19-21,24,27-28,30,32,39H,14,17-18H2,1-5H3,(H,33,35)(H,34,36)/t20-,21?,24?,27?,28?,30-/m1/s1. The first kappa shape index (κ1) is 30.3. The average molecular weight is 551 g/mol. The summed E-state index contributed by atoms with van der Waals surface area (Å²) in [5, 5.41) is 15.3. The number of nitrogens with zero attached hydrogens (tertiary/aromatic N) is 1. The summed E-state index contributed by atoms with van der Waals surface area (Å²) in [6, 6.07) is 7.06. The van der Waals surface area contributed by atoms with Crippen LogP contribution in [0, 0.1) is 29.1 Å². The van der Waals surface area contributed by atoms with E-state index in [1.54, 1.807) is 38.7 Å². The van der Waals surface area contributed by atoms with Gasteiger partial charge in [0, 0.05) is 41.8 Å². The van der Waals surface area contributed by atoms with Crippen LogP contribution in [0.2, 0.25) is 0 Å². The Bertz CT molecular complexity index is 1160. The van der Waals surface area contributed by atoms with E-state index in [9.17, 15) is 4.79 Å². The Kier molecular flexibility index (Phi) is 11.5. The Labute approximate surface area is 238 Å². The van der Waals surface area contributed by atoms with E-state index < -0.39 is 6.10 Å². The molecule has 0 bridgehead atoms. The van der Waals surface area contributed by atoms with Crippen molar-refractivity contribution in [3.63, 3.8) is 0 Å². The SMILES string of the molecule is CN=CNC(CC(=N)OC(CNC(=O)c1cccc(S)c1)C1C=C(OC)C=C[C@@H](C)C1)[C@H]1C(C)=CC=CC1C. The minimum absolute atomic E-state index is 0.0643. The van der Waals surface area contributed by atoms with Gasteiger partial charge in [0.25, 0.3) is 5.91 Å². The van der Waals surface area contributed by atoms with Crippen LogP contribution < -0.4 is 10.6 Å². The van der Waals surface area contributed by atoms with Crippen molar-refractivity contribution in [2.75, 3.05) is 20.7 Å². The van der Waals surface area contributed by atoms with Crippen molar-refractivity contribution in [2.45, 2.75) is 50.7 Å². The van der Waals surface area contributed by atoms with Gasteiger partial charge in [-0.15, -0.1) is 12.6 Å². The van der Waals surface area contributed by atoms with Crippen molar-refractivity contribution in [3.05, 3.63) is 77.6 Å². The number of thiol groups is 1. The van der Waals surface area contributed by atoms with Gasteiger partial charge in [0.15, 0.2) is 5.90 Å². The number of carbonyl (C=O) groups is 1. The second-order valence-electron chi connectivity index (χ2n) is 10.4. The highest BCUT2D eigenvalue weighted by molar-refractivity contribution is 7.80. The molecule has 210 valence electrons. The maximum atomic E-state index is 13.0. The van der Waals surface area contributed by atoms with Crippen LogP contribution in [0.4, 0.5) is 0 Å². The Balaban J connectivity index is 1.80. The number of aliphatic imine (C=N–C) groups is 1. The van der Waals surface area contributed by atoms with Gasteiger partial charge in [-0.1, -0.05) is 49.8 Å². The molecule has 0 aliphatic heterocycles. The lowest BCUT2D eigenvalue weighted by atomic mass is 9.78. The molecule has 3 rings (SSSR count). The number of benzene rings is 1. The molecule has 2 aliphatic carbocycles. The highest BCUT2D eigenvalue weighted by Gasteiger charge is 2.32. The average Bonchev–Trinajstić information content (AvgIpc) is 3.10. The normalized spacial score (nSPS) is 24.3. The molecular formula is C31H42N4O3S. The lowest BCUT2D eigenvalue weighted by molar-refractivity contribution is 0.0873. The van der Waals surface area contributed by atoms with Crippen LogP contribution in [0.15, 0.2) is 81.9 Å². The molecule has 0 spiro atoms. The summed E-state index contributed by atoms with van der Waals surface area (Å²) in [5.41, 5.74) is 1.79. The first-order chi connectivity index (χ1) is 18.7. The van der Waals surface area contributed by atoms with Crippen molar-refractivity contribution in [1.29, 1.82) is 5.41 Å². The fourth-order valence-electron chi connectivity index (χ4n) is 5.32. The highest BCUT2D eigenvalue weighted by atomic mass is 32.1. The molecule has 8 heteroatoms. The number of hydrogen-bond acceptors (Lipinski definition) is 6. The summed E-state index contributed by atoms with van der Waals surface area (Å²) in [6.45, 7) is 6.71. The van der Waals surface area contributed by atoms with Gasteiger partial charge >= 0.3 is 0 Å². The smallest absolute Gasteiger partial charge is 0.251 e. The van der Waals surface area contributed by atoms with Crippen molar-refractivity contribution >= 4 is 30.8 Å². The number of rotatable bonds is 11. The first-order valence-corrected chi connectivity index (χ1v) is 13.9. The fraction of sp³-hybridized carbons (Fsp3) is 0.452. The van der Waals surface area contributed by atoms with Crippen LogP contribution in [0.1, 0.15) is 44.0 Å². The van der Waals surface area contributed by atoms with Gasteiger partial charge < -0.3 is 20.1 Å². The van der Waals surface area contributed by atoms with E-state index in [4.69, 9.17) is 14.9 Å². The molecule has 0 aromatic heterocycles. The van der Waals surface area contributed by atoms with Crippen molar-refractivity contribution in [1.82, 2.24) is 10.6 Å². The molecule has 1 aromatic carbocycles. The minimum Gasteiger partial charge on any atom is -0.497 e. The maximum Gasteiger partial charge on any atom is 0.251 e. The van der Waals surface area contributed by atoms with Crippen molar-refractivity contribution < 1.29 is 14.3 Å². The van der Waals surface area contributed by atoms with Gasteiger partial charge in [-0.2, -0.15) is 0 Å². The summed E-state index contributed by atoms with van der Waals surface area (Å²) in [6.07, 6.45) is 15.0. The second kappa shape index (κ2) is 14.8. The van der Waals surface area contributed by atoms with Gasteiger partial charge in [0.05, 0.1) is 20.0 Å². The quantitative estimate of drug-likeness (QED) is 0.164. The monoisotopic (exact) mass is 550 g/mol. The third-order valence-corrected chi connectivity index (χ3v) is 7.59. The van der Waals surface area contributed by atoms with E-state index in [1.165, 1.54) is 5.57 Å². The lowest BCUT2D eigenvalue weighted by Gasteiger charge is -2.34. The number of nitrogens with one attached hydrogen (secondary N) is 3. The van der Waals surface area contributed by atoms with E-state index in [1.807, 2.05) is 18.2 Å². The topological polar surface area (TPSA) is 95.8 Å². The molecule has 0 saturated carbocycles. The number of methoxy groups -OCH3 is 1. The van der Waals surface area contributed by atoms with E-state index >= 15 is 0 Å². The summed E-state index contributed by atoms with van der Waals surface area (Å²) < 4.78 is 11.9. The number of amides is 1. The summed E-state index contributed by atoms with van der Waals surface area (Å²) in [5.74, 6) is 1.44. The molecule has 0 saturated heterocycles. The molecule has 4 unspecified atom stereocenters. The van der Waals surface area contributed by atoms with Gasteiger partial charge in [-0.3, -0.25) is 15.2 Å². The molecular weight excluding hydrogens is 508 g/mol. The van der Waals surface area contributed by atoms with Crippen LogP contribution in [-0.4, -0.2) is 51.0 Å². The Hall–Kier alpha value is -3.26. The molecule has 2 aliphatic rings. The number of carbonyl (C=O) groups excluding carboxylic acids is 1. The molecule has 0 heterocycles. The molecule has 1 amide bonds. The van der Waals surface area contributed by atoms with Crippen molar-refractivity contribution in [3.8, 4) is 0 Å². The molecule has 39 heavy (non-hydrogen) atoms. The van der Waals surface area contributed by atoms with Gasteiger partial charge in [0.1, 0.15) is 11.9 Å². The zero-order valence-corrected chi connectivity index (χ0v) is 24.4. The van der Waals surface area contributed by atoms with Gasteiger partial charge in [-0.05, 0) is 55.5 Å². The summed E-state index contributed by atoms with van der Waals surface area (Å²) >= 11 is 4.36. The molecule has 0 fully saturated rings. The highest BCUT2D eigenvalue weighted by Crippen LogP contribution is 2.31. The van der Waals surface area contributed by atoms with E-state index in [2.05, 4.69) is 73.3 Å². The Morgan fingerprint density at radius 2 is 2.10 bits per heavy atom. The van der Waals surface area contributed by atoms with Crippen LogP contribution >= 0.6 is 12.6 Å². The summed E-state index contributed by atoms with van der Waals surface area (Å²) in [7, 11) is 3.37. The predicted octanol–water partition coefficient (Wildman–Crippen LogP) is 5.58. The Morgan fingerprint density at radius 1 is 1.31 bits per heavy atom. The molecule has 0 radical (unpaired) electrons. The fourth-order valence-corrected chi connectivity index (χ4v) is 5.55. The first-order valence-electron chi connectivity index (χ1n) is 13.5. The second-order valence-corrected chi connectivity index (χ2v) is 10.9. The predicted molar refractivity (Wildman–Crippen MR) is 162 cm³/mol. The van der Waals surface area contributed by atoms with E-state index in [-0.39, 0.29) is 42.1 Å². The van der Waals surface area contributed by atoms with E-state index in [0.717, 1.165) is 17.1 Å². The third-order valence-electron chi connectivity index (χ3n) is 7.31. The van der Waals surface area contributed by atoms with Gasteiger partial charge in [0.2, 0.25) is 0 Å². The number of ether oxygens (including phenoxy) is 2. The molecule has 1 aromatic rings. The van der Waals surface area contributed by atoms with Crippen molar-refractivity contribution in [2.24, 2.45) is 28.7 Å². The minimum atomic E-state index is -0.450. The number of allylic oxidation sites excluding steroid dienone is 5. The van der Waals surface area contributed by atoms with Crippen LogP contribution in [-0.2, 0) is 9.47 Å². The largest absolute Gasteiger partial charge is 0.497 e. The lowest BCUT2D eigenvalue weighted by Crippen LogP contribution is -2.43. The zero-order chi connectivity index (χ0) is 28.4. The molecule has 3 N–H and O–H groups in total. The zero-order valence-electron chi connectivity index (χ0n) is 23.6. The molecule has 7 nitrogen and oxygen atoms in total. The van der Waals surface area contributed by atoms with E-state index in [0.29, 0.717) is 17.9 Å². The van der Waals surface area contributed by atoms with Crippen LogP contribution in [0.5, 0.6) is 0 Å². The maximum absolute atomic E-state index is 13.0. The Morgan fingerprint density at radius 3 is 2.79 bits per heavy atom. The van der Waals surface area contributed by atoms with Crippen LogP contribution in [0.3, 0.4) is 0 Å². The van der Waals surface area contributed by atoms with Crippen LogP contribution in [0.25, 0.3) is 0 Å². The van der Waals surface area contributed by atoms with Gasteiger partial charge in [-0.25, -0.2) is 0 Å². The molecule has 6 atom stereocenters. The third kappa shape index (κ3) is 8.88. The number of hydrogen-bond donors (Lipinski definition) is 4.